The molecule has 114 valence electrons. The molecule has 4 nitrogen and oxygen atoms in total. The van der Waals surface area contributed by atoms with Crippen molar-refractivity contribution in [1.82, 2.24) is 0 Å². The van der Waals surface area contributed by atoms with E-state index < -0.39 is 8.80 Å². The summed E-state index contributed by atoms with van der Waals surface area (Å²) in [7, 11) is -2.61. The smallest absolute Gasteiger partial charge is 0.374 e. The second kappa shape index (κ2) is 10.5. The molecule has 5 heteroatoms. The molecule has 0 rings (SSSR count). The van der Waals surface area contributed by atoms with Crippen molar-refractivity contribution in [2.45, 2.75) is 53.5 Å². The van der Waals surface area contributed by atoms with E-state index in [1.54, 1.807) is 0 Å². The fourth-order valence-electron chi connectivity index (χ4n) is 1.97. The molecule has 0 saturated carbocycles. The summed E-state index contributed by atoms with van der Waals surface area (Å²) in [5.74, 6) is 0.472. The molecule has 0 aliphatic carbocycles. The van der Waals surface area contributed by atoms with Gasteiger partial charge >= 0.3 is 8.80 Å². The average molecular weight is 289 g/mol. The van der Waals surface area contributed by atoms with Gasteiger partial charge in [0, 0.05) is 38.1 Å². The largest absolute Gasteiger partial charge is 0.506 e. The molecule has 0 amide bonds. The van der Waals surface area contributed by atoms with Crippen LogP contribution in [-0.4, -0.2) is 41.4 Å². The number of hydrogen-bond acceptors (Lipinski definition) is 4. The molecule has 0 aromatic carbocycles. The van der Waals surface area contributed by atoms with Gasteiger partial charge in [-0.3, -0.25) is 4.99 Å². The first-order chi connectivity index (χ1) is 9.06. The molecule has 0 bridgehead atoms. The Balaban J connectivity index is 4.91. The van der Waals surface area contributed by atoms with E-state index >= 15 is 0 Å². The summed E-state index contributed by atoms with van der Waals surface area (Å²) in [6.07, 6.45) is 2.95. The van der Waals surface area contributed by atoms with Gasteiger partial charge in [0.25, 0.3) is 0 Å². The van der Waals surface area contributed by atoms with E-state index in [1.165, 1.54) is 0 Å². The molecule has 1 atom stereocenters. The zero-order valence-corrected chi connectivity index (χ0v) is 14.4. The van der Waals surface area contributed by atoms with Crippen LogP contribution >= 0.6 is 0 Å². The Morgan fingerprint density at radius 1 is 0.947 bits per heavy atom. The van der Waals surface area contributed by atoms with E-state index in [0.717, 1.165) is 13.0 Å². The molecular formula is C14H31NO3Si. The third kappa shape index (κ3) is 6.65. The Hall–Kier alpha value is -0.233. The van der Waals surface area contributed by atoms with E-state index in [1.807, 2.05) is 27.0 Å². The van der Waals surface area contributed by atoms with Crippen LogP contribution in [0.3, 0.4) is 0 Å². The van der Waals surface area contributed by atoms with E-state index in [9.17, 15) is 0 Å². The van der Waals surface area contributed by atoms with Gasteiger partial charge in [-0.25, -0.2) is 0 Å². The van der Waals surface area contributed by atoms with Gasteiger partial charge in [0.05, 0.1) is 0 Å². The maximum Gasteiger partial charge on any atom is 0.506 e. The third-order valence-electron chi connectivity index (χ3n) is 2.76. The molecule has 0 radical (unpaired) electrons. The summed E-state index contributed by atoms with van der Waals surface area (Å²) in [6.45, 7) is 15.0. The molecule has 0 heterocycles. The fraction of sp³-hybridized carbons (Fsp3) is 0.929. The van der Waals surface area contributed by atoms with Crippen molar-refractivity contribution in [3.63, 3.8) is 0 Å². The maximum absolute atomic E-state index is 5.94. The van der Waals surface area contributed by atoms with Gasteiger partial charge in [0.2, 0.25) is 0 Å². The molecule has 0 aliphatic heterocycles. The van der Waals surface area contributed by atoms with Crippen LogP contribution in [0.1, 0.15) is 48.0 Å². The Morgan fingerprint density at radius 3 is 1.74 bits per heavy atom. The Morgan fingerprint density at radius 2 is 1.42 bits per heavy atom. The zero-order chi connectivity index (χ0) is 14.7. The predicted molar refractivity (Wildman–Crippen MR) is 82.9 cm³/mol. The molecule has 1 unspecified atom stereocenters. The van der Waals surface area contributed by atoms with Gasteiger partial charge in [0.1, 0.15) is 0 Å². The Labute approximate surface area is 119 Å². The van der Waals surface area contributed by atoms with Crippen LogP contribution in [0, 0.1) is 5.92 Å². The highest BCUT2D eigenvalue weighted by atomic mass is 28.4. The van der Waals surface area contributed by atoms with Crippen LogP contribution in [0.25, 0.3) is 0 Å². The predicted octanol–water partition coefficient (Wildman–Crippen LogP) is 3.54. The molecule has 0 N–H and O–H groups in total. The highest BCUT2D eigenvalue weighted by Crippen LogP contribution is 2.29. The molecule has 0 aromatic rings. The van der Waals surface area contributed by atoms with Crippen molar-refractivity contribution >= 4 is 15.0 Å². The van der Waals surface area contributed by atoms with Crippen LogP contribution < -0.4 is 0 Å². The van der Waals surface area contributed by atoms with Gasteiger partial charge in [-0.15, -0.1) is 0 Å². The minimum atomic E-state index is -2.61. The lowest BCUT2D eigenvalue weighted by atomic mass is 10.2. The highest BCUT2D eigenvalue weighted by molar-refractivity contribution is 6.62. The standard InChI is InChI=1S/C14H31NO3Si/c1-7-14(12-15-11-13(5)6)19(16-8-2,17-9-3)18-10-4/h11,13-14H,7-10,12H2,1-6H3. The van der Waals surface area contributed by atoms with Gasteiger partial charge in [0.15, 0.2) is 0 Å². The molecule has 19 heavy (non-hydrogen) atoms. The molecule has 0 aliphatic rings. The van der Waals surface area contributed by atoms with Gasteiger partial charge in [-0.2, -0.15) is 0 Å². The number of nitrogens with zero attached hydrogens (tertiary/aromatic N) is 1. The van der Waals surface area contributed by atoms with Crippen molar-refractivity contribution in [1.29, 1.82) is 0 Å². The summed E-state index contributed by atoms with van der Waals surface area (Å²) >= 11 is 0. The number of rotatable bonds is 11. The topological polar surface area (TPSA) is 40.0 Å². The molecule has 0 aromatic heterocycles. The summed E-state index contributed by atoms with van der Waals surface area (Å²) in [5.41, 5.74) is 0.238. The van der Waals surface area contributed by atoms with Crippen LogP contribution in [0.2, 0.25) is 5.54 Å². The molecule has 0 saturated heterocycles. The lowest BCUT2D eigenvalue weighted by Gasteiger charge is -2.34. The number of aliphatic imine (C=N–C) groups is 1. The zero-order valence-electron chi connectivity index (χ0n) is 13.4. The quantitative estimate of drug-likeness (QED) is 0.431. The summed E-state index contributed by atoms with van der Waals surface area (Å²) in [6, 6.07) is 0. The van der Waals surface area contributed by atoms with Crippen LogP contribution in [0.4, 0.5) is 0 Å². The van der Waals surface area contributed by atoms with Crippen molar-refractivity contribution in [2.75, 3.05) is 26.4 Å². The fourth-order valence-corrected chi connectivity index (χ4v) is 4.97. The third-order valence-corrected chi connectivity index (χ3v) is 6.42. The second-order valence-electron chi connectivity index (χ2n) is 4.77. The van der Waals surface area contributed by atoms with Crippen molar-refractivity contribution in [3.05, 3.63) is 0 Å². The normalized spacial score (nSPS) is 14.5. The minimum absolute atomic E-state index is 0.238. The second-order valence-corrected chi connectivity index (χ2v) is 7.66. The molecule has 0 fully saturated rings. The lowest BCUT2D eigenvalue weighted by molar-refractivity contribution is 0.0611. The van der Waals surface area contributed by atoms with Crippen molar-refractivity contribution in [3.8, 4) is 0 Å². The first kappa shape index (κ1) is 18.8. The van der Waals surface area contributed by atoms with Crippen molar-refractivity contribution in [2.24, 2.45) is 10.9 Å². The van der Waals surface area contributed by atoms with Crippen LogP contribution in [0.5, 0.6) is 0 Å². The van der Waals surface area contributed by atoms with E-state index in [2.05, 4.69) is 25.8 Å². The van der Waals surface area contributed by atoms with Crippen LogP contribution in [0.15, 0.2) is 4.99 Å². The SMILES string of the molecule is CCO[Si](OCC)(OCC)C(CC)CN=CC(C)C. The van der Waals surface area contributed by atoms with Gasteiger partial charge in [-0.1, -0.05) is 20.8 Å². The summed E-state index contributed by atoms with van der Waals surface area (Å²) in [5, 5.41) is 0. The Kier molecular flexibility index (Phi) is 10.4. The van der Waals surface area contributed by atoms with Gasteiger partial charge in [-0.05, 0) is 33.1 Å². The summed E-state index contributed by atoms with van der Waals surface area (Å²) < 4.78 is 17.8. The average Bonchev–Trinajstić information content (AvgIpc) is 2.35. The first-order valence-corrected chi connectivity index (χ1v) is 9.28. The van der Waals surface area contributed by atoms with E-state index in [-0.39, 0.29) is 5.54 Å². The summed E-state index contributed by atoms with van der Waals surface area (Å²) in [4.78, 5) is 4.52. The molecule has 0 spiro atoms. The lowest BCUT2D eigenvalue weighted by Crippen LogP contribution is -2.51. The molecular weight excluding hydrogens is 258 g/mol. The van der Waals surface area contributed by atoms with Gasteiger partial charge < -0.3 is 13.3 Å². The minimum Gasteiger partial charge on any atom is -0.374 e. The van der Waals surface area contributed by atoms with E-state index in [4.69, 9.17) is 13.3 Å². The van der Waals surface area contributed by atoms with E-state index in [0.29, 0.717) is 25.7 Å². The van der Waals surface area contributed by atoms with Crippen molar-refractivity contribution < 1.29 is 13.3 Å². The number of hydrogen-bond donors (Lipinski definition) is 0. The van der Waals surface area contributed by atoms with Crippen LogP contribution in [-0.2, 0) is 13.3 Å². The maximum atomic E-state index is 5.94. The highest BCUT2D eigenvalue weighted by Gasteiger charge is 2.48. The first-order valence-electron chi connectivity index (χ1n) is 7.47. The Bertz CT molecular complexity index is 230. The monoisotopic (exact) mass is 289 g/mol.